The number of carbonyl (C=O) groups is 3. The first-order valence-electron chi connectivity index (χ1n) is 4.48. The summed E-state index contributed by atoms with van der Waals surface area (Å²) in [4.78, 5) is 35.0. The molecule has 1 fully saturated rings. The van der Waals surface area contributed by atoms with Gasteiger partial charge in [0.25, 0.3) is 0 Å². The molecule has 1 rings (SSSR count). The Bertz CT molecular complexity index is 274. The second kappa shape index (κ2) is 4.21. The molecule has 0 spiro atoms. The van der Waals surface area contributed by atoms with Gasteiger partial charge in [-0.15, -0.1) is 0 Å². The van der Waals surface area contributed by atoms with E-state index >= 15 is 0 Å². The lowest BCUT2D eigenvalue weighted by Crippen LogP contribution is -2.29. The molecule has 0 saturated carbocycles. The second-order valence-electron chi connectivity index (χ2n) is 3.17. The highest BCUT2D eigenvalue weighted by atomic mass is 16.5. The molecule has 1 saturated heterocycles. The Labute approximate surface area is 82.0 Å². The maximum atomic E-state index is 11.3. The zero-order valence-electron chi connectivity index (χ0n) is 8.28. The fraction of sp³-hybridized carbons (Fsp3) is 0.667. The maximum absolute atomic E-state index is 11.3. The third-order valence-electron chi connectivity index (χ3n) is 2.28. The predicted octanol–water partition coefficient (Wildman–Crippen LogP) is -0.403. The maximum Gasteiger partial charge on any atom is 0.318 e. The molecular formula is C9H13NO4. The van der Waals surface area contributed by atoms with Gasteiger partial charge in [0, 0.05) is 13.0 Å². The first kappa shape index (κ1) is 10.7. The van der Waals surface area contributed by atoms with Crippen LogP contribution in [-0.2, 0) is 19.1 Å². The number of carbonyl (C=O) groups excluding carboxylic acids is 3. The lowest BCUT2D eigenvalue weighted by atomic mass is 10.1. The monoisotopic (exact) mass is 199 g/mol. The van der Waals surface area contributed by atoms with E-state index in [9.17, 15) is 14.4 Å². The molecule has 1 aliphatic heterocycles. The molecule has 14 heavy (non-hydrogen) atoms. The van der Waals surface area contributed by atoms with Gasteiger partial charge in [-0.1, -0.05) is 6.92 Å². The van der Waals surface area contributed by atoms with E-state index in [4.69, 9.17) is 0 Å². The van der Waals surface area contributed by atoms with Crippen LogP contribution < -0.4 is 0 Å². The molecule has 78 valence electrons. The van der Waals surface area contributed by atoms with Crippen molar-refractivity contribution in [1.29, 1.82) is 0 Å². The summed E-state index contributed by atoms with van der Waals surface area (Å²) < 4.78 is 4.47. The van der Waals surface area contributed by atoms with Gasteiger partial charge in [-0.3, -0.25) is 14.4 Å². The summed E-state index contributed by atoms with van der Waals surface area (Å²) in [5.41, 5.74) is 0. The van der Waals surface area contributed by atoms with Crippen molar-refractivity contribution in [3.8, 4) is 0 Å². The van der Waals surface area contributed by atoms with E-state index in [0.717, 1.165) is 0 Å². The molecule has 1 heterocycles. The molecule has 0 aromatic carbocycles. The molecule has 1 aliphatic rings. The van der Waals surface area contributed by atoms with Gasteiger partial charge in [-0.2, -0.15) is 0 Å². The minimum atomic E-state index is -0.782. The predicted molar refractivity (Wildman–Crippen MR) is 47.4 cm³/mol. The van der Waals surface area contributed by atoms with E-state index < -0.39 is 11.9 Å². The minimum absolute atomic E-state index is 0.0342. The molecule has 1 atom stereocenters. The average Bonchev–Trinajstić information content (AvgIpc) is 2.58. The van der Waals surface area contributed by atoms with Crippen LogP contribution in [0.1, 0.15) is 13.3 Å². The standard InChI is InChI=1S/C9H13NO4/c1-3-8(12)10-4-6(7(11)5-10)9(13)14-2/h6H,3-5H2,1-2H3. The third-order valence-corrected chi connectivity index (χ3v) is 2.28. The van der Waals surface area contributed by atoms with E-state index in [2.05, 4.69) is 4.74 Å². The quantitative estimate of drug-likeness (QED) is 0.448. The number of hydrogen-bond donors (Lipinski definition) is 0. The topological polar surface area (TPSA) is 63.7 Å². The zero-order chi connectivity index (χ0) is 10.7. The highest BCUT2D eigenvalue weighted by Gasteiger charge is 2.38. The van der Waals surface area contributed by atoms with Crippen molar-refractivity contribution in [3.63, 3.8) is 0 Å². The number of ether oxygens (including phenoxy) is 1. The van der Waals surface area contributed by atoms with Gasteiger partial charge in [0.2, 0.25) is 5.91 Å². The summed E-state index contributed by atoms with van der Waals surface area (Å²) in [5, 5.41) is 0. The van der Waals surface area contributed by atoms with Gasteiger partial charge < -0.3 is 9.64 Å². The van der Waals surface area contributed by atoms with E-state index in [1.54, 1.807) is 6.92 Å². The summed E-state index contributed by atoms with van der Waals surface area (Å²) in [7, 11) is 1.24. The number of esters is 1. The summed E-state index contributed by atoms with van der Waals surface area (Å²) in [6.45, 7) is 1.92. The normalized spacial score (nSPS) is 21.1. The van der Waals surface area contributed by atoms with Gasteiger partial charge >= 0.3 is 5.97 Å². The molecule has 0 aromatic rings. The number of nitrogens with zero attached hydrogens (tertiary/aromatic N) is 1. The van der Waals surface area contributed by atoms with Crippen LogP contribution in [0.2, 0.25) is 0 Å². The SMILES string of the molecule is CCC(=O)N1CC(=O)C(C(=O)OC)C1. The fourth-order valence-corrected chi connectivity index (χ4v) is 1.45. The Morgan fingerprint density at radius 1 is 1.57 bits per heavy atom. The average molecular weight is 199 g/mol. The molecule has 5 nitrogen and oxygen atoms in total. The smallest absolute Gasteiger partial charge is 0.318 e. The minimum Gasteiger partial charge on any atom is -0.468 e. The zero-order valence-corrected chi connectivity index (χ0v) is 8.28. The first-order chi connectivity index (χ1) is 6.60. The molecule has 0 bridgehead atoms. The number of amides is 1. The number of Topliss-reactive ketones (excluding diaryl/α,β-unsaturated/α-hetero) is 1. The summed E-state index contributed by atoms with van der Waals surface area (Å²) >= 11 is 0. The van der Waals surface area contributed by atoms with E-state index in [0.29, 0.717) is 6.42 Å². The molecule has 0 N–H and O–H groups in total. The van der Waals surface area contributed by atoms with E-state index in [-0.39, 0.29) is 24.8 Å². The molecule has 0 radical (unpaired) electrons. The Balaban J connectivity index is 2.64. The number of likely N-dealkylation sites (tertiary alicyclic amines) is 1. The van der Waals surface area contributed by atoms with Gasteiger partial charge in [-0.25, -0.2) is 0 Å². The van der Waals surface area contributed by atoms with Crippen LogP contribution in [0, 0.1) is 5.92 Å². The van der Waals surface area contributed by atoms with Crippen molar-refractivity contribution >= 4 is 17.7 Å². The molecule has 0 aliphatic carbocycles. The van der Waals surface area contributed by atoms with Crippen LogP contribution in [-0.4, -0.2) is 42.8 Å². The van der Waals surface area contributed by atoms with Crippen molar-refractivity contribution in [2.24, 2.45) is 5.92 Å². The van der Waals surface area contributed by atoms with Gasteiger partial charge in [-0.05, 0) is 0 Å². The summed E-state index contributed by atoms with van der Waals surface area (Å²) in [6, 6.07) is 0. The lowest BCUT2D eigenvalue weighted by molar-refractivity contribution is -0.147. The van der Waals surface area contributed by atoms with Crippen molar-refractivity contribution in [1.82, 2.24) is 4.90 Å². The van der Waals surface area contributed by atoms with E-state index in [1.165, 1.54) is 12.0 Å². The van der Waals surface area contributed by atoms with Crippen molar-refractivity contribution in [2.45, 2.75) is 13.3 Å². The second-order valence-corrected chi connectivity index (χ2v) is 3.17. The Morgan fingerprint density at radius 2 is 2.21 bits per heavy atom. The van der Waals surface area contributed by atoms with Crippen LogP contribution in [0.3, 0.4) is 0 Å². The first-order valence-corrected chi connectivity index (χ1v) is 4.48. The third kappa shape index (κ3) is 1.92. The molecule has 1 unspecified atom stereocenters. The molecule has 5 heteroatoms. The van der Waals surface area contributed by atoms with Crippen molar-refractivity contribution in [3.05, 3.63) is 0 Å². The molecule has 0 aromatic heterocycles. The lowest BCUT2D eigenvalue weighted by Gasteiger charge is -2.13. The van der Waals surface area contributed by atoms with Crippen LogP contribution in [0.5, 0.6) is 0 Å². The molecular weight excluding hydrogens is 186 g/mol. The fourth-order valence-electron chi connectivity index (χ4n) is 1.45. The van der Waals surface area contributed by atoms with Crippen LogP contribution in [0.4, 0.5) is 0 Å². The number of hydrogen-bond acceptors (Lipinski definition) is 4. The van der Waals surface area contributed by atoms with Crippen molar-refractivity contribution < 1.29 is 19.1 Å². The highest BCUT2D eigenvalue weighted by Crippen LogP contribution is 2.14. The van der Waals surface area contributed by atoms with Crippen molar-refractivity contribution in [2.75, 3.05) is 20.2 Å². The Kier molecular flexibility index (Phi) is 3.22. The number of rotatable bonds is 2. The van der Waals surface area contributed by atoms with Crippen LogP contribution >= 0.6 is 0 Å². The van der Waals surface area contributed by atoms with Gasteiger partial charge in [0.05, 0.1) is 13.7 Å². The van der Waals surface area contributed by atoms with Gasteiger partial charge in [0.15, 0.2) is 5.78 Å². The Hall–Kier alpha value is -1.39. The van der Waals surface area contributed by atoms with E-state index in [1.807, 2.05) is 0 Å². The highest BCUT2D eigenvalue weighted by molar-refractivity contribution is 6.03. The Morgan fingerprint density at radius 3 is 2.71 bits per heavy atom. The molecule has 1 amide bonds. The van der Waals surface area contributed by atoms with Crippen LogP contribution in [0.25, 0.3) is 0 Å². The van der Waals surface area contributed by atoms with Gasteiger partial charge in [0.1, 0.15) is 5.92 Å². The largest absolute Gasteiger partial charge is 0.468 e. The summed E-state index contributed by atoms with van der Waals surface area (Å²) in [5.74, 6) is -1.68. The number of ketones is 1. The number of methoxy groups -OCH3 is 1. The summed E-state index contributed by atoms with van der Waals surface area (Å²) in [6.07, 6.45) is 0.348. The van der Waals surface area contributed by atoms with Crippen LogP contribution in [0.15, 0.2) is 0 Å².